The fourth-order valence-corrected chi connectivity index (χ4v) is 1.37. The molecule has 3 N–H and O–H groups in total. The molecule has 1 saturated heterocycles. The van der Waals surface area contributed by atoms with Gasteiger partial charge in [-0.3, -0.25) is 0 Å². The van der Waals surface area contributed by atoms with Gasteiger partial charge in [0, 0.05) is 12.5 Å². The van der Waals surface area contributed by atoms with E-state index in [0.29, 0.717) is 13.1 Å². The Bertz CT molecular complexity index is 153. The molecule has 0 aromatic carbocycles. The molecule has 0 spiro atoms. The highest BCUT2D eigenvalue weighted by atomic mass is 16.7. The van der Waals surface area contributed by atoms with Crippen LogP contribution in [0, 0.1) is 11.1 Å². The first kappa shape index (κ1) is 9.85. The Morgan fingerprint density at radius 1 is 1.75 bits per heavy atom. The zero-order valence-electron chi connectivity index (χ0n) is 7.10. The second kappa shape index (κ2) is 3.65. The minimum atomic E-state index is -0.851. The van der Waals surface area contributed by atoms with Crippen molar-refractivity contribution >= 4 is 0 Å². The molecule has 72 valence electrons. The normalized spacial score (nSPS) is 30.5. The summed E-state index contributed by atoms with van der Waals surface area (Å²) in [5.74, 6) is 0.169. The summed E-state index contributed by atoms with van der Waals surface area (Å²) in [6, 6.07) is 0. The van der Waals surface area contributed by atoms with E-state index in [2.05, 4.69) is 0 Å². The lowest BCUT2D eigenvalue weighted by molar-refractivity contribution is -1.20. The molecule has 0 radical (unpaired) electrons. The Labute approximate surface area is 71.1 Å². The summed E-state index contributed by atoms with van der Waals surface area (Å²) >= 11 is 0. The number of aliphatic hydroxyl groups excluding tert-OH is 1. The largest absolute Gasteiger partial charge is 0.738 e. The third-order valence-corrected chi connectivity index (χ3v) is 2.25. The molecule has 1 rings (SSSR count). The number of quaternary nitrogens is 1. The molecule has 1 heterocycles. The zero-order valence-corrected chi connectivity index (χ0v) is 7.10. The Morgan fingerprint density at radius 2 is 2.42 bits per heavy atom. The van der Waals surface area contributed by atoms with Crippen LogP contribution in [0.3, 0.4) is 0 Å². The average molecular weight is 177 g/mol. The molecular weight excluding hydrogens is 162 g/mol. The van der Waals surface area contributed by atoms with Crippen molar-refractivity contribution in [3.8, 4) is 0 Å². The number of nitrogens with one attached hydrogen (secondary N) is 1. The molecule has 0 saturated carbocycles. The lowest BCUT2D eigenvalue weighted by Gasteiger charge is -2.34. The molecule has 0 bridgehead atoms. The van der Waals surface area contributed by atoms with Crippen molar-refractivity contribution in [3.63, 3.8) is 0 Å². The van der Waals surface area contributed by atoms with E-state index < -0.39 is 4.86 Å². The minimum Gasteiger partial charge on any atom is -0.738 e. The van der Waals surface area contributed by atoms with Crippen LogP contribution in [0.1, 0.15) is 6.42 Å². The summed E-state index contributed by atoms with van der Waals surface area (Å²) in [4.78, 5) is -0.851. The molecule has 1 aliphatic heterocycles. The first-order chi connectivity index (χ1) is 5.60. The monoisotopic (exact) mass is 177 g/mol. The van der Waals surface area contributed by atoms with Crippen molar-refractivity contribution in [2.75, 3.05) is 26.7 Å². The number of hydrogen-bond acceptors (Lipinski definition) is 5. The average Bonchev–Trinajstić information content (AvgIpc) is 2.52. The highest BCUT2D eigenvalue weighted by Crippen LogP contribution is 2.18. The van der Waals surface area contributed by atoms with Crippen LogP contribution in [0.25, 0.3) is 0 Å². The van der Waals surface area contributed by atoms with Gasteiger partial charge >= 0.3 is 0 Å². The van der Waals surface area contributed by atoms with Gasteiger partial charge in [0.15, 0.2) is 0 Å². The molecule has 0 aromatic rings. The third-order valence-electron chi connectivity index (χ3n) is 2.25. The van der Waals surface area contributed by atoms with Crippen LogP contribution < -0.4 is 5.59 Å². The summed E-state index contributed by atoms with van der Waals surface area (Å²) in [5, 5.41) is 30.1. The highest BCUT2D eigenvalue weighted by Gasteiger charge is 2.34. The van der Waals surface area contributed by atoms with E-state index in [-0.39, 0.29) is 12.5 Å². The lowest BCUT2D eigenvalue weighted by Crippen LogP contribution is -2.60. The van der Waals surface area contributed by atoms with Crippen LogP contribution in [-0.4, -0.2) is 46.9 Å². The number of aliphatic hydroxyl groups is 1. The van der Waals surface area contributed by atoms with Gasteiger partial charge in [0.05, 0.1) is 13.1 Å². The molecule has 0 aromatic heterocycles. The van der Waals surface area contributed by atoms with Gasteiger partial charge in [-0.25, -0.2) is 0 Å². The van der Waals surface area contributed by atoms with Gasteiger partial charge in [-0.15, -0.1) is 5.01 Å². The Hall–Kier alpha value is -0.240. The van der Waals surface area contributed by atoms with E-state index in [4.69, 9.17) is 5.11 Å². The number of hydroxylamine groups is 1. The predicted octanol–water partition coefficient (Wildman–Crippen LogP) is -0.946. The molecule has 1 aliphatic rings. The fraction of sp³-hybridized carbons (Fsp3) is 1.00. The lowest BCUT2D eigenvalue weighted by atomic mass is 10.1. The maximum absolute atomic E-state index is 10.3. The fourth-order valence-electron chi connectivity index (χ4n) is 1.37. The predicted molar refractivity (Wildman–Crippen MR) is 41.2 cm³/mol. The Morgan fingerprint density at radius 3 is 2.83 bits per heavy atom. The van der Waals surface area contributed by atoms with Crippen LogP contribution in [0.5, 0.6) is 0 Å². The van der Waals surface area contributed by atoms with Gasteiger partial charge < -0.3 is 10.3 Å². The summed E-state index contributed by atoms with van der Waals surface area (Å²) in [6.07, 6.45) is 0.812. The first-order valence-electron chi connectivity index (χ1n) is 3.95. The molecule has 0 amide bonds. The van der Waals surface area contributed by atoms with Gasteiger partial charge in [-0.2, -0.15) is 10.8 Å². The maximum Gasteiger partial charge on any atom is 0.137 e. The van der Waals surface area contributed by atoms with Crippen molar-refractivity contribution in [2.24, 2.45) is 5.92 Å². The quantitative estimate of drug-likeness (QED) is 0.383. The molecule has 2 atom stereocenters. The van der Waals surface area contributed by atoms with Crippen molar-refractivity contribution < 1.29 is 15.2 Å². The van der Waals surface area contributed by atoms with E-state index in [0.717, 1.165) is 6.42 Å². The van der Waals surface area contributed by atoms with E-state index in [9.17, 15) is 10.4 Å². The molecule has 6 nitrogen and oxygen atoms in total. The molecule has 0 aliphatic carbocycles. The van der Waals surface area contributed by atoms with Crippen molar-refractivity contribution in [2.45, 2.75) is 6.42 Å². The topological polar surface area (TPSA) is 78.8 Å². The molecule has 1 fully saturated rings. The Balaban J connectivity index is 2.46. The minimum absolute atomic E-state index is 0.107. The Kier molecular flexibility index (Phi) is 2.99. The molecule has 12 heavy (non-hydrogen) atoms. The van der Waals surface area contributed by atoms with E-state index in [1.54, 1.807) is 5.01 Å². The summed E-state index contributed by atoms with van der Waals surface area (Å²) < 4.78 is 0. The van der Waals surface area contributed by atoms with Crippen LogP contribution in [0.4, 0.5) is 0 Å². The van der Waals surface area contributed by atoms with Gasteiger partial charge in [0.1, 0.15) is 7.05 Å². The first-order valence-corrected chi connectivity index (χ1v) is 3.95. The standard InChI is InChI=1S/C6H15N3O3/c1-9(12,7-11)8-3-2-6(4-8)5-10/h6-7,10,12H,2-5H2,1H3. The summed E-state index contributed by atoms with van der Waals surface area (Å²) in [7, 11) is 1.35. The van der Waals surface area contributed by atoms with Crippen molar-refractivity contribution in [1.82, 2.24) is 10.6 Å². The third kappa shape index (κ3) is 1.92. The summed E-state index contributed by atoms with van der Waals surface area (Å²) in [6.45, 7) is 1.27. The summed E-state index contributed by atoms with van der Waals surface area (Å²) in [5.41, 5.74) is 1.52. The molecule has 6 heteroatoms. The number of rotatable bonds is 3. The van der Waals surface area contributed by atoms with E-state index in [1.165, 1.54) is 12.6 Å². The molecular formula is C6H15N3O3. The number of nitrogens with zero attached hydrogens (tertiary/aromatic N) is 2. The second-order valence-electron chi connectivity index (χ2n) is 3.25. The van der Waals surface area contributed by atoms with Gasteiger partial charge in [-0.05, 0) is 11.3 Å². The zero-order chi connectivity index (χ0) is 9.19. The highest BCUT2D eigenvalue weighted by molar-refractivity contribution is 4.68. The maximum atomic E-state index is 10.3. The second-order valence-corrected chi connectivity index (χ2v) is 3.25. The van der Waals surface area contributed by atoms with Gasteiger partial charge in [0.2, 0.25) is 0 Å². The smallest absolute Gasteiger partial charge is 0.137 e. The van der Waals surface area contributed by atoms with Crippen LogP contribution in [0.15, 0.2) is 0 Å². The molecule has 2 unspecified atom stereocenters. The SMILES string of the molecule is C[N+](O)(N[O-])N1CCC(CO)C1. The van der Waals surface area contributed by atoms with Gasteiger partial charge in [-0.1, -0.05) is 0 Å². The van der Waals surface area contributed by atoms with Gasteiger partial charge in [0.25, 0.3) is 0 Å². The number of hydrogen-bond donors (Lipinski definition) is 3. The van der Waals surface area contributed by atoms with Crippen molar-refractivity contribution in [1.29, 1.82) is 0 Å². The van der Waals surface area contributed by atoms with E-state index >= 15 is 0 Å². The van der Waals surface area contributed by atoms with E-state index in [1.807, 2.05) is 0 Å². The van der Waals surface area contributed by atoms with Crippen LogP contribution >= 0.6 is 0 Å². The van der Waals surface area contributed by atoms with Crippen LogP contribution in [-0.2, 0) is 0 Å². The van der Waals surface area contributed by atoms with Crippen LogP contribution in [0.2, 0.25) is 0 Å². The van der Waals surface area contributed by atoms with Crippen molar-refractivity contribution in [3.05, 3.63) is 5.21 Å².